The Morgan fingerprint density at radius 2 is 1.87 bits per heavy atom. The number of nitrogens with one attached hydrogen (secondary N) is 1. The van der Waals surface area contributed by atoms with Crippen molar-refractivity contribution in [3.8, 4) is 0 Å². The molecule has 0 saturated carbocycles. The van der Waals surface area contributed by atoms with Crippen LogP contribution in [0.5, 0.6) is 0 Å². The summed E-state index contributed by atoms with van der Waals surface area (Å²) in [7, 11) is 0. The van der Waals surface area contributed by atoms with Crippen LogP contribution in [-0.4, -0.2) is 45.0 Å². The van der Waals surface area contributed by atoms with Gasteiger partial charge in [-0.3, -0.25) is 19.4 Å². The minimum absolute atomic E-state index is 0.449. The lowest BCUT2D eigenvalue weighted by molar-refractivity contribution is -0.165. The maximum absolute atomic E-state index is 11.9. The van der Waals surface area contributed by atoms with E-state index in [0.29, 0.717) is 6.42 Å². The molecule has 1 aliphatic heterocycles. The highest BCUT2D eigenvalue weighted by molar-refractivity contribution is 5.67. The fourth-order valence-electron chi connectivity index (χ4n) is 2.43. The van der Waals surface area contributed by atoms with E-state index in [-0.39, 0.29) is 0 Å². The Bertz CT molecular complexity index is 710. The Kier molecular flexibility index (Phi) is 4.94. The normalized spacial score (nSPS) is 26.7. The van der Waals surface area contributed by atoms with Crippen LogP contribution in [0.4, 0.5) is 0 Å². The monoisotopic (exact) mass is 327 g/mol. The number of ether oxygens (including phenoxy) is 3. The van der Waals surface area contributed by atoms with Gasteiger partial charge in [0.15, 0.2) is 18.4 Å². The SMILES string of the molecule is CC[C@H]1O[C@@H](n2ncc(=O)[nH]c2=O)[C@@H](OC(C)=O)C1OC(C)=O. The first-order valence-corrected chi connectivity index (χ1v) is 7.01. The largest absolute Gasteiger partial charge is 0.456 e. The quantitative estimate of drug-likeness (QED) is 0.704. The van der Waals surface area contributed by atoms with Crippen molar-refractivity contribution in [2.75, 3.05) is 0 Å². The van der Waals surface area contributed by atoms with Gasteiger partial charge in [-0.1, -0.05) is 6.92 Å². The Morgan fingerprint density at radius 1 is 1.26 bits per heavy atom. The molecule has 0 amide bonds. The number of rotatable bonds is 4. The molecule has 1 aromatic heterocycles. The molecular formula is C13H17N3O7. The van der Waals surface area contributed by atoms with Crippen LogP contribution in [0.15, 0.2) is 15.8 Å². The summed E-state index contributed by atoms with van der Waals surface area (Å²) in [4.78, 5) is 47.7. The standard InChI is InChI=1S/C13H17N3O7/c1-4-8-10(21-6(2)17)11(22-7(3)18)12(23-8)16-13(20)15-9(19)5-14-16/h5,8,10-12H,4H2,1-3H3,(H,15,19,20)/t8-,10?,11+,12-/m1/s1. The molecule has 1 unspecified atom stereocenters. The molecule has 1 fully saturated rings. The van der Waals surface area contributed by atoms with Gasteiger partial charge < -0.3 is 14.2 Å². The minimum Gasteiger partial charge on any atom is -0.456 e. The molecule has 0 aliphatic carbocycles. The van der Waals surface area contributed by atoms with E-state index in [1.165, 1.54) is 13.8 Å². The summed E-state index contributed by atoms with van der Waals surface area (Å²) in [6.45, 7) is 4.19. The van der Waals surface area contributed by atoms with Crippen LogP contribution < -0.4 is 11.2 Å². The first-order valence-electron chi connectivity index (χ1n) is 7.01. The van der Waals surface area contributed by atoms with Gasteiger partial charge >= 0.3 is 17.6 Å². The topological polar surface area (TPSA) is 130 Å². The Morgan fingerprint density at radius 3 is 2.39 bits per heavy atom. The zero-order valence-corrected chi connectivity index (χ0v) is 12.8. The molecule has 10 heteroatoms. The molecule has 10 nitrogen and oxygen atoms in total. The molecule has 2 heterocycles. The van der Waals surface area contributed by atoms with Gasteiger partial charge in [-0.15, -0.1) is 0 Å². The molecule has 1 aliphatic rings. The first kappa shape index (κ1) is 16.9. The van der Waals surface area contributed by atoms with E-state index in [9.17, 15) is 19.2 Å². The number of H-pyrrole nitrogens is 1. The van der Waals surface area contributed by atoms with Crippen LogP contribution in [-0.2, 0) is 23.8 Å². The maximum atomic E-state index is 11.9. The molecule has 0 spiro atoms. The van der Waals surface area contributed by atoms with E-state index in [1.54, 1.807) is 6.92 Å². The molecule has 4 atom stereocenters. The molecule has 1 saturated heterocycles. The van der Waals surface area contributed by atoms with Crippen LogP contribution in [0.25, 0.3) is 0 Å². The van der Waals surface area contributed by atoms with Gasteiger partial charge in [-0.05, 0) is 6.42 Å². The van der Waals surface area contributed by atoms with Crippen molar-refractivity contribution in [2.24, 2.45) is 0 Å². The molecule has 126 valence electrons. The highest BCUT2D eigenvalue weighted by Crippen LogP contribution is 2.34. The van der Waals surface area contributed by atoms with E-state index in [0.717, 1.165) is 10.9 Å². The Balaban J connectivity index is 2.43. The minimum atomic E-state index is -1.11. The number of aromatic amines is 1. The second kappa shape index (κ2) is 6.73. The third-order valence-corrected chi connectivity index (χ3v) is 3.27. The smallest absolute Gasteiger partial charge is 0.347 e. The van der Waals surface area contributed by atoms with E-state index < -0.39 is 47.7 Å². The van der Waals surface area contributed by atoms with Crippen LogP contribution in [0.3, 0.4) is 0 Å². The van der Waals surface area contributed by atoms with Gasteiger partial charge in [-0.25, -0.2) is 4.79 Å². The predicted octanol–water partition coefficient (Wildman–Crippen LogP) is -0.898. The summed E-state index contributed by atoms with van der Waals surface area (Å²) in [5, 5.41) is 3.70. The van der Waals surface area contributed by atoms with Crippen LogP contribution in [0.2, 0.25) is 0 Å². The van der Waals surface area contributed by atoms with Crippen LogP contribution in [0, 0.1) is 0 Å². The third kappa shape index (κ3) is 3.65. The third-order valence-electron chi connectivity index (χ3n) is 3.27. The summed E-state index contributed by atoms with van der Waals surface area (Å²) in [5.74, 6) is -1.20. The molecular weight excluding hydrogens is 310 g/mol. The van der Waals surface area contributed by atoms with Crippen molar-refractivity contribution in [3.63, 3.8) is 0 Å². The van der Waals surface area contributed by atoms with Gasteiger partial charge in [0.25, 0.3) is 5.56 Å². The molecule has 2 rings (SSSR count). The number of carbonyl (C=O) groups excluding carboxylic acids is 2. The lowest BCUT2D eigenvalue weighted by atomic mass is 10.1. The summed E-state index contributed by atoms with van der Waals surface area (Å²) in [6, 6.07) is 0. The number of aromatic nitrogens is 3. The number of hydrogen-bond acceptors (Lipinski definition) is 8. The van der Waals surface area contributed by atoms with Gasteiger partial charge in [0.2, 0.25) is 0 Å². The Hall–Kier alpha value is -2.49. The zero-order chi connectivity index (χ0) is 17.1. The fourth-order valence-corrected chi connectivity index (χ4v) is 2.43. The van der Waals surface area contributed by atoms with Crippen LogP contribution in [0.1, 0.15) is 33.4 Å². The van der Waals surface area contributed by atoms with E-state index in [2.05, 4.69) is 5.10 Å². The second-order valence-electron chi connectivity index (χ2n) is 5.00. The lowest BCUT2D eigenvalue weighted by Gasteiger charge is -2.23. The van der Waals surface area contributed by atoms with Crippen molar-refractivity contribution < 1.29 is 23.8 Å². The van der Waals surface area contributed by atoms with Crippen molar-refractivity contribution in [2.45, 2.75) is 51.7 Å². The average Bonchev–Trinajstić information content (AvgIpc) is 2.76. The molecule has 1 aromatic rings. The number of nitrogens with zero attached hydrogens (tertiary/aromatic N) is 2. The van der Waals surface area contributed by atoms with Gasteiger partial charge in [0.05, 0.1) is 0 Å². The van der Waals surface area contributed by atoms with E-state index in [1.807, 2.05) is 4.98 Å². The predicted molar refractivity (Wildman–Crippen MR) is 74.4 cm³/mol. The average molecular weight is 327 g/mol. The molecule has 0 radical (unpaired) electrons. The summed E-state index contributed by atoms with van der Waals surface area (Å²) in [5.41, 5.74) is -1.49. The maximum Gasteiger partial charge on any atom is 0.347 e. The molecule has 0 bridgehead atoms. The van der Waals surface area contributed by atoms with Gasteiger partial charge in [0.1, 0.15) is 12.3 Å². The van der Waals surface area contributed by atoms with Gasteiger partial charge in [0, 0.05) is 13.8 Å². The summed E-state index contributed by atoms with van der Waals surface area (Å²) < 4.78 is 16.9. The number of esters is 2. The highest BCUT2D eigenvalue weighted by atomic mass is 16.6. The fraction of sp³-hybridized carbons (Fsp3) is 0.615. The molecule has 23 heavy (non-hydrogen) atoms. The number of hydrogen-bond donors (Lipinski definition) is 1. The van der Waals surface area contributed by atoms with Crippen LogP contribution >= 0.6 is 0 Å². The Labute approximate surface area is 130 Å². The second-order valence-corrected chi connectivity index (χ2v) is 5.00. The summed E-state index contributed by atoms with van der Waals surface area (Å²) >= 11 is 0. The van der Waals surface area contributed by atoms with Crippen molar-refractivity contribution >= 4 is 11.9 Å². The number of carbonyl (C=O) groups is 2. The zero-order valence-electron chi connectivity index (χ0n) is 12.8. The van der Waals surface area contributed by atoms with Crippen molar-refractivity contribution in [1.82, 2.24) is 14.8 Å². The summed E-state index contributed by atoms with van der Waals surface area (Å²) in [6.07, 6.45) is -2.30. The van der Waals surface area contributed by atoms with E-state index >= 15 is 0 Å². The van der Waals surface area contributed by atoms with Gasteiger partial charge in [-0.2, -0.15) is 9.78 Å². The lowest BCUT2D eigenvalue weighted by Crippen LogP contribution is -2.42. The van der Waals surface area contributed by atoms with E-state index in [4.69, 9.17) is 14.2 Å². The molecule has 0 aromatic carbocycles. The van der Waals surface area contributed by atoms with Crippen molar-refractivity contribution in [3.05, 3.63) is 27.0 Å². The first-order chi connectivity index (χ1) is 10.8. The highest BCUT2D eigenvalue weighted by Gasteiger charge is 2.50. The molecule has 1 N–H and O–H groups in total. The van der Waals surface area contributed by atoms with Crippen molar-refractivity contribution in [1.29, 1.82) is 0 Å².